The smallest absolute Gasteiger partial charge is 0.444 e. The Morgan fingerprint density at radius 1 is 0.922 bits per heavy atom. The monoisotopic (exact) mass is 726 g/mol. The second kappa shape index (κ2) is 19.1. The molecule has 0 heterocycles. The number of ether oxygens (including phenoxy) is 2. The van der Waals surface area contributed by atoms with Crippen LogP contribution in [0.1, 0.15) is 49.4 Å². The number of hydrogen-bond donors (Lipinski definition) is 4. The van der Waals surface area contributed by atoms with Gasteiger partial charge in [-0.1, -0.05) is 54.2 Å². The highest BCUT2D eigenvalue weighted by Gasteiger charge is 2.31. The first kappa shape index (κ1) is 40.1. The van der Waals surface area contributed by atoms with Crippen molar-refractivity contribution in [2.75, 3.05) is 18.8 Å². The van der Waals surface area contributed by atoms with Crippen LogP contribution in [0.5, 0.6) is 5.75 Å². The zero-order valence-corrected chi connectivity index (χ0v) is 29.7. The number of hydrogen-bond acceptors (Lipinski definition) is 8. The molecule has 2 amide bonds. The lowest BCUT2D eigenvalue weighted by Crippen LogP contribution is -2.34. The Labute approximate surface area is 298 Å². The third-order valence-electron chi connectivity index (χ3n) is 6.39. The van der Waals surface area contributed by atoms with Gasteiger partial charge in [-0.2, -0.15) is 5.10 Å². The molecule has 0 aliphatic carbocycles. The fourth-order valence-corrected chi connectivity index (χ4v) is 4.69. The van der Waals surface area contributed by atoms with Gasteiger partial charge in [0.05, 0.1) is 23.3 Å². The number of para-hydroxylation sites is 1. The van der Waals surface area contributed by atoms with E-state index in [0.717, 1.165) is 34.5 Å². The van der Waals surface area contributed by atoms with Gasteiger partial charge in [-0.25, -0.2) is 19.8 Å². The lowest BCUT2D eigenvalue weighted by Gasteiger charge is -2.19. The summed E-state index contributed by atoms with van der Waals surface area (Å²) in [5.74, 6) is -0.297. The fourth-order valence-electron chi connectivity index (χ4n) is 4.05. The van der Waals surface area contributed by atoms with Crippen LogP contribution in [-0.4, -0.2) is 66.4 Å². The highest BCUT2D eigenvalue weighted by molar-refractivity contribution is 8.14. The van der Waals surface area contributed by atoms with Crippen LogP contribution >= 0.6 is 11.8 Å². The number of alkyl halides is 3. The van der Waals surface area contributed by atoms with E-state index in [9.17, 15) is 22.8 Å². The number of aliphatic imine (C=N–C) groups is 3. The number of carbonyl (C=O) groups excluding carboxylic acids is 2. The highest BCUT2D eigenvalue weighted by atomic mass is 32.2. The minimum Gasteiger partial charge on any atom is -0.444 e. The molecule has 0 bridgehead atoms. The minimum atomic E-state index is -4.77. The van der Waals surface area contributed by atoms with Gasteiger partial charge in [0.1, 0.15) is 23.5 Å². The number of nitrogens with one attached hydrogen (secondary N) is 3. The van der Waals surface area contributed by atoms with Crippen molar-refractivity contribution in [3.8, 4) is 5.75 Å². The third kappa shape index (κ3) is 15.8. The molecule has 3 aromatic carbocycles. The van der Waals surface area contributed by atoms with Crippen LogP contribution in [0.3, 0.4) is 0 Å². The number of thioether (sulfide) groups is 1. The molecular formula is C35H41F3N8O4S. The largest absolute Gasteiger partial charge is 0.573 e. The van der Waals surface area contributed by atoms with Gasteiger partial charge < -0.3 is 25.8 Å². The molecule has 0 radical (unpaired) electrons. The summed E-state index contributed by atoms with van der Waals surface area (Å²) in [5, 5.41) is 10.2. The number of carbonyl (C=O) groups is 2. The number of amides is 2. The standard InChI is InChI=1S/C35H41F3N8O4S/c1-23-8-6-9-24(2)30(23)45-32(51-21-29(47)40-18-7-19-41-33(48)50-34(3,4)5)46-44-20-25-10-12-26(13-11-25)31(39)43-22-42-27-14-16-28(17-15-27)49-35(36,37)38/h6,8-17,20,22H,7,18-19,21H2,1-5H3,(H,40,47)(H,41,48)(H,45,46)(H2,39,42,43)/b44-20-. The van der Waals surface area contributed by atoms with E-state index in [1.165, 1.54) is 30.2 Å². The van der Waals surface area contributed by atoms with Crippen molar-refractivity contribution in [1.82, 2.24) is 16.1 Å². The van der Waals surface area contributed by atoms with E-state index in [4.69, 9.17) is 15.5 Å². The van der Waals surface area contributed by atoms with Gasteiger partial charge in [0.15, 0.2) is 5.17 Å². The number of alkyl carbamates (subject to hydrolysis) is 1. The Morgan fingerprint density at radius 3 is 2.20 bits per heavy atom. The Bertz CT molecular complexity index is 1720. The van der Waals surface area contributed by atoms with Crippen LogP contribution in [0.4, 0.5) is 29.3 Å². The van der Waals surface area contributed by atoms with Gasteiger partial charge >= 0.3 is 12.5 Å². The molecule has 0 atom stereocenters. The van der Waals surface area contributed by atoms with E-state index in [1.54, 1.807) is 51.3 Å². The molecule has 272 valence electrons. The summed E-state index contributed by atoms with van der Waals surface area (Å²) in [4.78, 5) is 37.2. The first-order chi connectivity index (χ1) is 24.1. The summed E-state index contributed by atoms with van der Waals surface area (Å²) < 4.78 is 46.0. The fraction of sp³-hybridized carbons (Fsp3) is 0.314. The summed E-state index contributed by atoms with van der Waals surface area (Å²) in [7, 11) is 0. The normalized spacial score (nSPS) is 12.6. The maximum atomic E-state index is 12.6. The van der Waals surface area contributed by atoms with Crippen LogP contribution in [0.25, 0.3) is 0 Å². The summed E-state index contributed by atoms with van der Waals surface area (Å²) in [6.45, 7) is 9.99. The predicted molar refractivity (Wildman–Crippen MR) is 197 cm³/mol. The molecule has 0 fully saturated rings. The molecule has 0 aliphatic heterocycles. The summed E-state index contributed by atoms with van der Waals surface area (Å²) in [5.41, 5.74) is 12.8. The summed E-state index contributed by atoms with van der Waals surface area (Å²) >= 11 is 1.19. The number of rotatable bonds is 13. The molecule has 0 saturated carbocycles. The number of amidine groups is 2. The number of halogens is 3. The number of nitrogens with zero attached hydrogens (tertiary/aromatic N) is 4. The lowest BCUT2D eigenvalue weighted by molar-refractivity contribution is -0.274. The second-order valence-corrected chi connectivity index (χ2v) is 12.8. The molecule has 51 heavy (non-hydrogen) atoms. The summed E-state index contributed by atoms with van der Waals surface area (Å²) in [6, 6.07) is 17.9. The summed E-state index contributed by atoms with van der Waals surface area (Å²) in [6.07, 6.45) is -1.96. The average molecular weight is 727 g/mol. The van der Waals surface area contributed by atoms with Crippen LogP contribution in [0.2, 0.25) is 0 Å². The minimum absolute atomic E-state index is 0.0835. The maximum Gasteiger partial charge on any atom is 0.573 e. The molecular weight excluding hydrogens is 685 g/mol. The molecule has 16 heteroatoms. The first-order valence-electron chi connectivity index (χ1n) is 15.7. The molecule has 3 aromatic rings. The van der Waals surface area contributed by atoms with Crippen molar-refractivity contribution < 1.29 is 32.2 Å². The van der Waals surface area contributed by atoms with Crippen molar-refractivity contribution in [1.29, 1.82) is 0 Å². The molecule has 12 nitrogen and oxygen atoms in total. The Kier molecular flexibility index (Phi) is 15.0. The Hall–Kier alpha value is -5.38. The first-order valence-corrected chi connectivity index (χ1v) is 16.7. The van der Waals surface area contributed by atoms with Gasteiger partial charge in [0.2, 0.25) is 5.91 Å². The maximum absolute atomic E-state index is 12.6. The van der Waals surface area contributed by atoms with Gasteiger partial charge in [-0.05, 0) is 82.0 Å². The molecule has 5 N–H and O–H groups in total. The van der Waals surface area contributed by atoms with Crippen LogP contribution in [0.15, 0.2) is 86.8 Å². The van der Waals surface area contributed by atoms with Crippen molar-refractivity contribution >= 4 is 58.7 Å². The second-order valence-electron chi connectivity index (χ2n) is 11.9. The highest BCUT2D eigenvalue weighted by Crippen LogP contribution is 2.25. The number of hydrazone groups is 1. The zero-order chi connectivity index (χ0) is 37.4. The Balaban J connectivity index is 1.56. The number of nitrogens with two attached hydrogens (primary N) is 1. The molecule has 0 spiro atoms. The van der Waals surface area contributed by atoms with E-state index < -0.39 is 18.1 Å². The van der Waals surface area contributed by atoms with Crippen LogP contribution in [-0.2, 0) is 9.53 Å². The SMILES string of the molecule is Cc1cccc(C)c1N=C(N/N=C\c1ccc(C(N)=NC=Nc2ccc(OC(F)(F)F)cc2)cc1)SCC(=O)NCCCNC(=O)OC(C)(C)C. The molecule has 0 aliphatic rings. The van der Waals surface area contributed by atoms with Crippen LogP contribution < -0.4 is 26.5 Å². The molecule has 0 saturated heterocycles. The van der Waals surface area contributed by atoms with E-state index >= 15 is 0 Å². The lowest BCUT2D eigenvalue weighted by atomic mass is 10.1. The Morgan fingerprint density at radius 2 is 1.57 bits per heavy atom. The van der Waals surface area contributed by atoms with E-state index in [2.05, 4.69) is 35.9 Å². The number of aryl methyl sites for hydroxylation is 2. The average Bonchev–Trinajstić information content (AvgIpc) is 3.04. The van der Waals surface area contributed by atoms with E-state index in [0.29, 0.717) is 35.9 Å². The van der Waals surface area contributed by atoms with Crippen molar-refractivity contribution in [2.45, 2.75) is 53.0 Å². The number of benzene rings is 3. The predicted octanol–water partition coefficient (Wildman–Crippen LogP) is 6.64. The molecule has 0 aromatic heterocycles. The quantitative estimate of drug-likeness (QED) is 0.0664. The van der Waals surface area contributed by atoms with Crippen LogP contribution in [0, 0.1) is 13.8 Å². The van der Waals surface area contributed by atoms with E-state index in [-0.39, 0.29) is 23.2 Å². The zero-order valence-electron chi connectivity index (χ0n) is 28.9. The van der Waals surface area contributed by atoms with Crippen molar-refractivity contribution in [3.05, 3.63) is 89.0 Å². The third-order valence-corrected chi connectivity index (χ3v) is 7.25. The molecule has 3 rings (SSSR count). The molecule has 0 unspecified atom stereocenters. The van der Waals surface area contributed by atoms with Gasteiger partial charge in [0, 0.05) is 18.7 Å². The topological polar surface area (TPSA) is 164 Å². The van der Waals surface area contributed by atoms with Gasteiger partial charge in [-0.3, -0.25) is 10.2 Å². The van der Waals surface area contributed by atoms with E-state index in [1.807, 2.05) is 32.0 Å². The van der Waals surface area contributed by atoms with Gasteiger partial charge in [0.25, 0.3) is 0 Å². The van der Waals surface area contributed by atoms with Crippen molar-refractivity contribution in [3.63, 3.8) is 0 Å². The van der Waals surface area contributed by atoms with Gasteiger partial charge in [-0.15, -0.1) is 13.2 Å². The van der Waals surface area contributed by atoms with Crippen molar-refractivity contribution in [2.24, 2.45) is 25.8 Å².